The number of aryl methyl sites for hydroxylation is 1. The molecule has 1 amide bonds. The van der Waals surface area contributed by atoms with E-state index in [2.05, 4.69) is 0 Å². The number of benzene rings is 2. The first kappa shape index (κ1) is 20.6. The molecule has 1 N–H and O–H groups in total. The molecule has 0 fully saturated rings. The molecule has 152 valence electrons. The van der Waals surface area contributed by atoms with Gasteiger partial charge >= 0.3 is 6.18 Å². The van der Waals surface area contributed by atoms with Crippen molar-refractivity contribution in [2.45, 2.75) is 33.0 Å². The third kappa shape index (κ3) is 3.77. The second-order valence-corrected chi connectivity index (χ2v) is 7.32. The van der Waals surface area contributed by atoms with Crippen LogP contribution in [-0.4, -0.2) is 16.8 Å². The zero-order chi connectivity index (χ0) is 21.5. The van der Waals surface area contributed by atoms with Gasteiger partial charge in [0.05, 0.1) is 17.2 Å². The Morgan fingerprint density at radius 2 is 1.76 bits per heavy atom. The highest BCUT2D eigenvalue weighted by atomic mass is 19.4. The lowest BCUT2D eigenvalue weighted by Crippen LogP contribution is -2.31. The molecule has 3 rings (SSSR count). The second-order valence-electron chi connectivity index (χ2n) is 7.32. The minimum atomic E-state index is -4.59. The number of anilines is 1. The molecule has 0 radical (unpaired) electrons. The van der Waals surface area contributed by atoms with Crippen LogP contribution in [0.4, 0.5) is 18.9 Å². The molecule has 0 aromatic heterocycles. The Morgan fingerprint density at radius 1 is 1.10 bits per heavy atom. The molecule has 7 heteroatoms. The molecule has 1 aliphatic rings. The number of halogens is 3. The van der Waals surface area contributed by atoms with Gasteiger partial charge in [0.25, 0.3) is 5.91 Å². The van der Waals surface area contributed by atoms with Crippen molar-refractivity contribution in [3.05, 3.63) is 76.6 Å². The summed E-state index contributed by atoms with van der Waals surface area (Å²) < 4.78 is 39.6. The van der Waals surface area contributed by atoms with E-state index in [1.807, 2.05) is 13.0 Å². The fraction of sp³-hybridized carbons (Fsp3) is 0.273. The zero-order valence-corrected chi connectivity index (χ0v) is 16.1. The first-order valence-electron chi connectivity index (χ1n) is 9.07. The Morgan fingerprint density at radius 3 is 2.34 bits per heavy atom. The van der Waals surface area contributed by atoms with Crippen LogP contribution in [0.2, 0.25) is 0 Å². The average Bonchev–Trinajstić information content (AvgIpc) is 2.91. The summed E-state index contributed by atoms with van der Waals surface area (Å²) in [7, 11) is 0. The van der Waals surface area contributed by atoms with Crippen molar-refractivity contribution in [2.24, 2.45) is 5.92 Å². The number of amides is 1. The topological polar surface area (TPSA) is 57.6 Å². The zero-order valence-electron chi connectivity index (χ0n) is 16.1. The molecule has 1 aliphatic heterocycles. The standard InChI is InChI=1S/C22H20F3NO3/c1-12(2)19(27)17-18(14-7-4-6-13(3)10-14)26(21(29)20(17)28)16-9-5-8-15(11-16)22(23,24)25/h4-12,18,28H,1-3H3. The van der Waals surface area contributed by atoms with Gasteiger partial charge in [0.15, 0.2) is 11.5 Å². The average molecular weight is 403 g/mol. The highest BCUT2D eigenvalue weighted by Gasteiger charge is 2.45. The molecule has 2 aromatic rings. The maximum absolute atomic E-state index is 13.2. The third-order valence-corrected chi connectivity index (χ3v) is 4.81. The summed E-state index contributed by atoms with van der Waals surface area (Å²) in [5.74, 6) is -2.57. The summed E-state index contributed by atoms with van der Waals surface area (Å²) in [6.07, 6.45) is -4.59. The van der Waals surface area contributed by atoms with Gasteiger partial charge in [-0.2, -0.15) is 13.2 Å². The number of carbonyl (C=O) groups is 2. The van der Waals surface area contributed by atoms with E-state index in [-0.39, 0.29) is 11.3 Å². The lowest BCUT2D eigenvalue weighted by atomic mass is 9.90. The van der Waals surface area contributed by atoms with Crippen molar-refractivity contribution in [1.29, 1.82) is 0 Å². The molecule has 0 saturated carbocycles. The molecule has 4 nitrogen and oxygen atoms in total. The summed E-state index contributed by atoms with van der Waals surface area (Å²) in [6, 6.07) is 10.2. The lowest BCUT2D eigenvalue weighted by Gasteiger charge is -2.28. The summed E-state index contributed by atoms with van der Waals surface area (Å²) in [4.78, 5) is 26.7. The molecular formula is C22H20F3NO3. The number of aliphatic hydroxyl groups is 1. The van der Waals surface area contributed by atoms with Crippen LogP contribution in [-0.2, 0) is 15.8 Å². The Kier molecular flexibility index (Phi) is 5.26. The van der Waals surface area contributed by atoms with Crippen LogP contribution in [0, 0.1) is 12.8 Å². The van der Waals surface area contributed by atoms with Gasteiger partial charge in [-0.15, -0.1) is 0 Å². The largest absolute Gasteiger partial charge is 0.503 e. The van der Waals surface area contributed by atoms with E-state index in [9.17, 15) is 27.9 Å². The van der Waals surface area contributed by atoms with Gasteiger partial charge in [0, 0.05) is 11.6 Å². The number of nitrogens with zero attached hydrogens (tertiary/aromatic N) is 1. The molecule has 2 aromatic carbocycles. The van der Waals surface area contributed by atoms with Gasteiger partial charge in [0.2, 0.25) is 0 Å². The predicted octanol–water partition coefficient (Wildman–Crippen LogP) is 5.14. The van der Waals surface area contributed by atoms with E-state index < -0.39 is 41.1 Å². The summed E-state index contributed by atoms with van der Waals surface area (Å²) in [5, 5.41) is 10.5. The Bertz CT molecular complexity index is 1010. The molecule has 1 unspecified atom stereocenters. The molecule has 0 saturated heterocycles. The molecule has 0 bridgehead atoms. The third-order valence-electron chi connectivity index (χ3n) is 4.81. The van der Waals surface area contributed by atoms with Crippen LogP contribution < -0.4 is 4.90 Å². The van der Waals surface area contributed by atoms with Crippen LogP contribution in [0.25, 0.3) is 0 Å². The van der Waals surface area contributed by atoms with E-state index in [0.29, 0.717) is 5.56 Å². The van der Waals surface area contributed by atoms with Gasteiger partial charge in [-0.05, 0) is 30.7 Å². The second kappa shape index (κ2) is 7.39. The fourth-order valence-electron chi connectivity index (χ4n) is 3.42. The minimum absolute atomic E-state index is 0.0468. The number of alkyl halides is 3. The van der Waals surface area contributed by atoms with Crippen LogP contribution >= 0.6 is 0 Å². The maximum atomic E-state index is 13.2. The molecule has 1 atom stereocenters. The van der Waals surface area contributed by atoms with Crippen molar-refractivity contribution < 1.29 is 27.9 Å². The van der Waals surface area contributed by atoms with Crippen molar-refractivity contribution in [2.75, 3.05) is 4.90 Å². The lowest BCUT2D eigenvalue weighted by molar-refractivity contribution is -0.137. The van der Waals surface area contributed by atoms with Gasteiger partial charge in [-0.1, -0.05) is 49.7 Å². The van der Waals surface area contributed by atoms with Gasteiger partial charge < -0.3 is 5.11 Å². The minimum Gasteiger partial charge on any atom is -0.503 e. The number of hydrogen-bond donors (Lipinski definition) is 1. The van der Waals surface area contributed by atoms with Gasteiger partial charge in [-0.3, -0.25) is 14.5 Å². The van der Waals surface area contributed by atoms with Crippen molar-refractivity contribution in [1.82, 2.24) is 0 Å². The van der Waals surface area contributed by atoms with E-state index in [4.69, 9.17) is 0 Å². The summed E-state index contributed by atoms with van der Waals surface area (Å²) >= 11 is 0. The predicted molar refractivity (Wildman–Crippen MR) is 102 cm³/mol. The first-order chi connectivity index (χ1) is 13.5. The van der Waals surface area contributed by atoms with Crippen molar-refractivity contribution >= 4 is 17.4 Å². The number of carbonyl (C=O) groups excluding carboxylic acids is 2. The number of ketones is 1. The number of aliphatic hydroxyl groups excluding tert-OH is 1. The summed E-state index contributed by atoms with van der Waals surface area (Å²) in [5.41, 5.74) is 0.307. The maximum Gasteiger partial charge on any atom is 0.416 e. The quantitative estimate of drug-likeness (QED) is 0.769. The SMILES string of the molecule is Cc1cccc(C2C(C(=O)C(C)C)=C(O)C(=O)N2c2cccc(C(F)(F)F)c2)c1. The monoisotopic (exact) mass is 403 g/mol. The number of hydrogen-bond acceptors (Lipinski definition) is 3. The van der Waals surface area contributed by atoms with Crippen molar-refractivity contribution in [3.63, 3.8) is 0 Å². The van der Waals surface area contributed by atoms with Crippen LogP contribution in [0.3, 0.4) is 0 Å². The smallest absolute Gasteiger partial charge is 0.416 e. The van der Waals surface area contributed by atoms with Crippen LogP contribution in [0.15, 0.2) is 59.9 Å². The van der Waals surface area contributed by atoms with E-state index in [1.54, 1.807) is 32.0 Å². The Hall–Kier alpha value is -3.09. The molecule has 29 heavy (non-hydrogen) atoms. The first-order valence-corrected chi connectivity index (χ1v) is 9.07. The molecule has 0 spiro atoms. The summed E-state index contributed by atoms with van der Waals surface area (Å²) in [6.45, 7) is 5.09. The normalized spacial score (nSPS) is 17.4. The van der Waals surface area contributed by atoms with Gasteiger partial charge in [0.1, 0.15) is 0 Å². The Balaban J connectivity index is 2.21. The highest BCUT2D eigenvalue weighted by Crippen LogP contribution is 2.43. The molecule has 0 aliphatic carbocycles. The Labute approximate surface area is 166 Å². The van der Waals surface area contributed by atoms with E-state index in [0.717, 1.165) is 22.6 Å². The highest BCUT2D eigenvalue weighted by molar-refractivity contribution is 6.16. The fourth-order valence-corrected chi connectivity index (χ4v) is 3.42. The van der Waals surface area contributed by atoms with E-state index in [1.165, 1.54) is 12.1 Å². The molecular weight excluding hydrogens is 383 g/mol. The van der Waals surface area contributed by atoms with Gasteiger partial charge in [-0.25, -0.2) is 0 Å². The van der Waals surface area contributed by atoms with E-state index >= 15 is 0 Å². The van der Waals surface area contributed by atoms with Crippen LogP contribution in [0.1, 0.15) is 36.6 Å². The molecule has 1 heterocycles. The number of Topliss-reactive ketones (excluding diaryl/α,β-unsaturated/α-hetero) is 1. The van der Waals surface area contributed by atoms with Crippen molar-refractivity contribution in [3.8, 4) is 0 Å². The van der Waals surface area contributed by atoms with Crippen LogP contribution in [0.5, 0.6) is 0 Å². The number of rotatable bonds is 4.